The number of nitrogens with zero attached hydrogens (tertiary/aromatic N) is 2. The van der Waals surface area contributed by atoms with Crippen molar-refractivity contribution in [3.63, 3.8) is 0 Å². The van der Waals surface area contributed by atoms with Crippen LogP contribution in [-0.2, 0) is 54.2 Å². The SMILES string of the molecule is COC(=O)C1=C(C)N(Cc2ccccc2)[C@]23O[C@](C(=O)OC)(C(=O)N2[C@@H]1c1ccccc1)C(C(=O)OC)=C3C(=O)OC. The van der Waals surface area contributed by atoms with Crippen LogP contribution in [0.15, 0.2) is 83.1 Å². The Kier molecular flexibility index (Phi) is 7.11. The van der Waals surface area contributed by atoms with Crippen LogP contribution in [0.3, 0.4) is 0 Å². The van der Waals surface area contributed by atoms with Gasteiger partial charge < -0.3 is 28.6 Å². The molecule has 1 amide bonds. The number of carbonyl (C=O) groups excluding carboxylic acids is 5. The maximum Gasteiger partial charge on any atom is 0.353 e. The molecule has 1 saturated heterocycles. The van der Waals surface area contributed by atoms with Crippen LogP contribution in [-0.4, -0.2) is 79.5 Å². The summed E-state index contributed by atoms with van der Waals surface area (Å²) < 4.78 is 26.7. The molecule has 0 N–H and O–H groups in total. The largest absolute Gasteiger partial charge is 0.466 e. The second-order valence-electron chi connectivity index (χ2n) is 9.67. The molecule has 0 unspecified atom stereocenters. The monoisotopic (exact) mass is 576 g/mol. The van der Waals surface area contributed by atoms with Crippen LogP contribution in [0.25, 0.3) is 0 Å². The van der Waals surface area contributed by atoms with Crippen molar-refractivity contribution < 1.29 is 47.7 Å². The molecule has 0 aromatic heterocycles. The Balaban J connectivity index is 1.96. The summed E-state index contributed by atoms with van der Waals surface area (Å²) in [6.45, 7) is 1.57. The molecule has 12 heteroatoms. The highest BCUT2D eigenvalue weighted by Gasteiger charge is 2.82. The maximum atomic E-state index is 14.7. The standard InChI is InChI=1S/C30H28N2O10/c1-17-20(24(33)38-2)23(19-14-10-7-11-15-19)32-27(36)29(28(37)41-5)21(25(34)39-3)22(26(35)40-4)30(32,42-29)31(17)16-18-12-8-6-9-13-18/h6-15,23H,16H2,1-5H3/t23-,29+,30+/m1/s1. The first-order chi connectivity index (χ1) is 20.1. The van der Waals surface area contributed by atoms with Crippen molar-refractivity contribution in [1.82, 2.24) is 9.80 Å². The zero-order chi connectivity index (χ0) is 30.4. The summed E-state index contributed by atoms with van der Waals surface area (Å²) in [6, 6.07) is 16.2. The second kappa shape index (κ2) is 10.5. The lowest BCUT2D eigenvalue weighted by molar-refractivity contribution is -0.205. The number of carbonyl (C=O) groups is 5. The number of hydrogen-bond donors (Lipinski definition) is 0. The van der Waals surface area contributed by atoms with Gasteiger partial charge in [-0.3, -0.25) is 9.69 Å². The van der Waals surface area contributed by atoms with E-state index >= 15 is 0 Å². The van der Waals surface area contributed by atoms with E-state index < -0.39 is 58.4 Å². The van der Waals surface area contributed by atoms with Gasteiger partial charge in [0.05, 0.1) is 40.1 Å². The van der Waals surface area contributed by atoms with E-state index in [0.29, 0.717) is 11.1 Å². The quantitative estimate of drug-likeness (QED) is 0.271. The smallest absolute Gasteiger partial charge is 0.353 e. The number of amides is 1. The van der Waals surface area contributed by atoms with Crippen molar-refractivity contribution in [2.45, 2.75) is 31.0 Å². The topological polar surface area (TPSA) is 138 Å². The molecule has 2 aromatic rings. The summed E-state index contributed by atoms with van der Waals surface area (Å²) in [6.07, 6.45) is 0. The van der Waals surface area contributed by atoms with Crippen LogP contribution < -0.4 is 0 Å². The molecule has 2 aromatic carbocycles. The number of ether oxygens (including phenoxy) is 5. The highest BCUT2D eigenvalue weighted by Crippen LogP contribution is 2.61. The molecular weight excluding hydrogens is 548 g/mol. The van der Waals surface area contributed by atoms with Crippen LogP contribution in [0.5, 0.6) is 0 Å². The minimum Gasteiger partial charge on any atom is -0.466 e. The lowest BCUT2D eigenvalue weighted by Gasteiger charge is -2.53. The van der Waals surface area contributed by atoms with Crippen LogP contribution in [0, 0.1) is 0 Å². The number of methoxy groups -OCH3 is 4. The first kappa shape index (κ1) is 28.6. The number of fused-ring (bicyclic) bond motifs is 1. The molecule has 0 radical (unpaired) electrons. The van der Waals surface area contributed by atoms with Gasteiger partial charge in [-0.1, -0.05) is 60.7 Å². The van der Waals surface area contributed by atoms with Gasteiger partial charge >= 0.3 is 23.9 Å². The number of rotatable bonds is 7. The molecule has 1 fully saturated rings. The summed E-state index contributed by atoms with van der Waals surface area (Å²) in [4.78, 5) is 71.3. The normalized spacial score (nSPS) is 24.4. The highest BCUT2D eigenvalue weighted by molar-refractivity contribution is 6.23. The summed E-state index contributed by atoms with van der Waals surface area (Å²) in [5.74, 6) is -7.53. The molecule has 0 aliphatic carbocycles. The fraction of sp³-hybridized carbons (Fsp3) is 0.300. The molecule has 12 nitrogen and oxygen atoms in total. The van der Waals surface area contributed by atoms with Crippen molar-refractivity contribution >= 4 is 29.8 Å². The second-order valence-corrected chi connectivity index (χ2v) is 9.67. The van der Waals surface area contributed by atoms with Gasteiger partial charge in [-0.25, -0.2) is 19.2 Å². The number of hydrogen-bond acceptors (Lipinski definition) is 11. The van der Waals surface area contributed by atoms with Crippen molar-refractivity contribution in [2.75, 3.05) is 28.4 Å². The van der Waals surface area contributed by atoms with Crippen LogP contribution in [0.1, 0.15) is 24.1 Å². The molecule has 3 heterocycles. The van der Waals surface area contributed by atoms with Gasteiger partial charge in [-0.2, -0.15) is 0 Å². The predicted octanol–water partition coefficient (Wildman–Crippen LogP) is 1.77. The average molecular weight is 577 g/mol. The molecule has 0 saturated carbocycles. The first-order valence-corrected chi connectivity index (χ1v) is 12.8. The third-order valence-electron chi connectivity index (χ3n) is 7.72. The first-order valence-electron chi connectivity index (χ1n) is 12.8. The predicted molar refractivity (Wildman–Crippen MR) is 142 cm³/mol. The van der Waals surface area contributed by atoms with Crippen molar-refractivity contribution in [1.29, 1.82) is 0 Å². The third-order valence-corrected chi connectivity index (χ3v) is 7.72. The van der Waals surface area contributed by atoms with Gasteiger partial charge in [0.1, 0.15) is 11.1 Å². The number of benzene rings is 2. The molecule has 218 valence electrons. The molecule has 5 rings (SSSR count). The van der Waals surface area contributed by atoms with Gasteiger partial charge in [0, 0.05) is 12.2 Å². The lowest BCUT2D eigenvalue weighted by atomic mass is 9.80. The molecule has 1 spiro atoms. The van der Waals surface area contributed by atoms with Gasteiger partial charge in [0.2, 0.25) is 0 Å². The Morgan fingerprint density at radius 1 is 0.786 bits per heavy atom. The Labute approximate surface area is 241 Å². The third kappa shape index (κ3) is 3.68. The Hall–Kier alpha value is -4.97. The van der Waals surface area contributed by atoms with Crippen LogP contribution in [0.4, 0.5) is 0 Å². The van der Waals surface area contributed by atoms with Gasteiger partial charge in [-0.05, 0) is 18.1 Å². The van der Waals surface area contributed by atoms with E-state index in [-0.39, 0.29) is 17.8 Å². The van der Waals surface area contributed by atoms with Crippen LogP contribution in [0.2, 0.25) is 0 Å². The molecule has 3 aliphatic rings. The van der Waals surface area contributed by atoms with Gasteiger partial charge in [-0.15, -0.1) is 0 Å². The van der Waals surface area contributed by atoms with Crippen molar-refractivity contribution in [3.8, 4) is 0 Å². The summed E-state index contributed by atoms with van der Waals surface area (Å²) >= 11 is 0. The Morgan fingerprint density at radius 2 is 1.33 bits per heavy atom. The minimum absolute atomic E-state index is 0.0370. The lowest BCUT2D eigenvalue weighted by Crippen LogP contribution is -2.66. The van der Waals surface area contributed by atoms with E-state index in [0.717, 1.165) is 26.2 Å². The fourth-order valence-electron chi connectivity index (χ4n) is 5.97. The Bertz CT molecular complexity index is 1550. The minimum atomic E-state index is -2.75. The van der Waals surface area contributed by atoms with Crippen molar-refractivity contribution in [3.05, 3.63) is 94.2 Å². The van der Waals surface area contributed by atoms with Gasteiger partial charge in [0.25, 0.3) is 17.4 Å². The average Bonchev–Trinajstić information content (AvgIpc) is 3.48. The fourth-order valence-corrected chi connectivity index (χ4v) is 5.97. The molecule has 2 bridgehead atoms. The summed E-state index contributed by atoms with van der Waals surface area (Å²) in [5, 5.41) is 0. The molecule has 3 atom stereocenters. The van der Waals surface area contributed by atoms with Crippen molar-refractivity contribution in [2.24, 2.45) is 0 Å². The molecular formula is C30H28N2O10. The van der Waals surface area contributed by atoms with E-state index in [1.54, 1.807) is 67.6 Å². The van der Waals surface area contributed by atoms with E-state index in [1.165, 1.54) is 12.0 Å². The highest BCUT2D eigenvalue weighted by atomic mass is 16.6. The zero-order valence-corrected chi connectivity index (χ0v) is 23.5. The zero-order valence-electron chi connectivity index (χ0n) is 23.5. The molecule has 3 aliphatic heterocycles. The number of allylic oxidation sites excluding steroid dienone is 1. The van der Waals surface area contributed by atoms with E-state index in [9.17, 15) is 24.0 Å². The summed E-state index contributed by atoms with van der Waals surface area (Å²) in [7, 11) is 4.35. The summed E-state index contributed by atoms with van der Waals surface area (Å²) in [5.41, 5.74) is -2.42. The van der Waals surface area contributed by atoms with E-state index in [1.807, 2.05) is 0 Å². The van der Waals surface area contributed by atoms with E-state index in [4.69, 9.17) is 23.7 Å². The Morgan fingerprint density at radius 3 is 1.88 bits per heavy atom. The van der Waals surface area contributed by atoms with Gasteiger partial charge in [0.15, 0.2) is 0 Å². The maximum absolute atomic E-state index is 14.7. The van der Waals surface area contributed by atoms with E-state index in [2.05, 4.69) is 0 Å². The molecule has 42 heavy (non-hydrogen) atoms. The van der Waals surface area contributed by atoms with Crippen LogP contribution >= 0.6 is 0 Å². The number of esters is 4.